The maximum atomic E-state index is 11.4. The van der Waals surface area contributed by atoms with E-state index in [1.807, 2.05) is 37.3 Å². The predicted octanol–water partition coefficient (Wildman–Crippen LogP) is 1.27. The third-order valence-corrected chi connectivity index (χ3v) is 2.58. The average molecular weight is 271 g/mol. The molecule has 1 amide bonds. The van der Waals surface area contributed by atoms with Crippen LogP contribution in [-0.2, 0) is 4.79 Å². The number of carbonyl (C=O) groups is 1. The molecule has 6 heteroatoms. The number of likely N-dealkylation sites (N-methyl/N-ethyl adjacent to an activating group) is 1. The molecule has 1 aromatic heterocycles. The lowest BCUT2D eigenvalue weighted by molar-refractivity contribution is -0.119. The molecule has 0 saturated heterocycles. The maximum Gasteiger partial charge on any atom is 0.239 e. The minimum atomic E-state index is -0.0917. The van der Waals surface area contributed by atoms with E-state index >= 15 is 0 Å². The Hall–Kier alpha value is -2.63. The van der Waals surface area contributed by atoms with Gasteiger partial charge in [-0.25, -0.2) is 9.97 Å². The molecule has 104 valence electrons. The third kappa shape index (κ3) is 3.68. The lowest BCUT2D eigenvalue weighted by Gasteiger charge is -2.08. The van der Waals surface area contributed by atoms with Crippen molar-refractivity contribution in [2.75, 3.05) is 24.1 Å². The zero-order valence-electron chi connectivity index (χ0n) is 11.3. The van der Waals surface area contributed by atoms with E-state index in [2.05, 4.69) is 20.6 Å². The molecule has 4 N–H and O–H groups in total. The van der Waals surface area contributed by atoms with Gasteiger partial charge in [0, 0.05) is 18.2 Å². The van der Waals surface area contributed by atoms with Gasteiger partial charge in [-0.3, -0.25) is 4.79 Å². The van der Waals surface area contributed by atoms with Gasteiger partial charge in [0.15, 0.2) is 5.82 Å². The number of nitrogen functional groups attached to an aromatic ring is 1. The minimum absolute atomic E-state index is 0.0917. The van der Waals surface area contributed by atoms with Crippen LogP contribution in [0.2, 0.25) is 0 Å². The predicted molar refractivity (Wildman–Crippen MR) is 79.1 cm³/mol. The van der Waals surface area contributed by atoms with Crippen LogP contribution in [-0.4, -0.2) is 29.0 Å². The van der Waals surface area contributed by atoms with Crippen LogP contribution in [0, 0.1) is 0 Å². The summed E-state index contributed by atoms with van der Waals surface area (Å²) < 4.78 is 0. The summed E-state index contributed by atoms with van der Waals surface area (Å²) in [4.78, 5) is 20.0. The summed E-state index contributed by atoms with van der Waals surface area (Å²) in [7, 11) is 0. The van der Waals surface area contributed by atoms with Crippen LogP contribution in [0.3, 0.4) is 0 Å². The molecule has 0 atom stereocenters. The Bertz CT molecular complexity index is 585. The second-order valence-electron chi connectivity index (χ2n) is 4.17. The van der Waals surface area contributed by atoms with Gasteiger partial charge in [0.1, 0.15) is 11.6 Å². The van der Waals surface area contributed by atoms with Crippen molar-refractivity contribution >= 4 is 17.5 Å². The normalized spacial score (nSPS) is 10.1. The van der Waals surface area contributed by atoms with Gasteiger partial charge in [-0.1, -0.05) is 30.3 Å². The number of nitrogens with two attached hydrogens (primary N) is 1. The van der Waals surface area contributed by atoms with E-state index in [1.165, 1.54) is 0 Å². The van der Waals surface area contributed by atoms with Gasteiger partial charge in [0.05, 0.1) is 6.54 Å². The SMILES string of the molecule is CCNC(=O)CNc1cc(N)nc(-c2ccccc2)n1. The first-order valence-electron chi connectivity index (χ1n) is 6.39. The molecule has 2 rings (SSSR count). The Balaban J connectivity index is 2.15. The number of anilines is 2. The fraction of sp³-hybridized carbons (Fsp3) is 0.214. The molecule has 0 aliphatic carbocycles. The zero-order valence-corrected chi connectivity index (χ0v) is 11.3. The van der Waals surface area contributed by atoms with Crippen LogP contribution < -0.4 is 16.4 Å². The number of nitrogens with zero attached hydrogens (tertiary/aromatic N) is 2. The standard InChI is InChI=1S/C14H17N5O/c1-2-16-13(20)9-17-12-8-11(15)18-14(19-12)10-6-4-3-5-7-10/h3-8H,2,9H2,1H3,(H,16,20)(H3,15,17,18,19). The van der Waals surface area contributed by atoms with Crippen LogP contribution in [0.4, 0.5) is 11.6 Å². The minimum Gasteiger partial charge on any atom is -0.384 e. The highest BCUT2D eigenvalue weighted by molar-refractivity contribution is 5.80. The molecule has 0 aliphatic heterocycles. The molecule has 1 aromatic carbocycles. The van der Waals surface area contributed by atoms with Crippen LogP contribution in [0.15, 0.2) is 36.4 Å². The van der Waals surface area contributed by atoms with Crippen LogP contribution in [0.1, 0.15) is 6.92 Å². The highest BCUT2D eigenvalue weighted by Crippen LogP contribution is 2.18. The fourth-order valence-electron chi connectivity index (χ4n) is 1.70. The van der Waals surface area contributed by atoms with E-state index in [-0.39, 0.29) is 12.5 Å². The molecule has 0 aliphatic rings. The number of benzene rings is 1. The number of hydrogen-bond donors (Lipinski definition) is 3. The van der Waals surface area contributed by atoms with Gasteiger partial charge >= 0.3 is 0 Å². The first-order valence-corrected chi connectivity index (χ1v) is 6.39. The van der Waals surface area contributed by atoms with E-state index < -0.39 is 0 Å². The number of carbonyl (C=O) groups excluding carboxylic acids is 1. The first-order chi connectivity index (χ1) is 9.69. The number of rotatable bonds is 5. The van der Waals surface area contributed by atoms with Crippen molar-refractivity contribution in [3.63, 3.8) is 0 Å². The molecular weight excluding hydrogens is 254 g/mol. The highest BCUT2D eigenvalue weighted by atomic mass is 16.1. The summed E-state index contributed by atoms with van der Waals surface area (Å²) in [6.07, 6.45) is 0. The molecule has 0 radical (unpaired) electrons. The quantitative estimate of drug-likeness (QED) is 0.761. The second-order valence-corrected chi connectivity index (χ2v) is 4.17. The van der Waals surface area contributed by atoms with E-state index in [0.29, 0.717) is 24.0 Å². The van der Waals surface area contributed by atoms with Crippen molar-refractivity contribution in [2.45, 2.75) is 6.92 Å². The summed E-state index contributed by atoms with van der Waals surface area (Å²) in [5.74, 6) is 1.33. The van der Waals surface area contributed by atoms with Gasteiger partial charge in [0.2, 0.25) is 5.91 Å². The van der Waals surface area contributed by atoms with Crippen LogP contribution in [0.5, 0.6) is 0 Å². The Kier molecular flexibility index (Phi) is 4.49. The summed E-state index contributed by atoms with van der Waals surface area (Å²) >= 11 is 0. The number of aromatic nitrogens is 2. The molecule has 0 saturated carbocycles. The van der Waals surface area contributed by atoms with Crippen molar-refractivity contribution in [1.29, 1.82) is 0 Å². The Morgan fingerprint density at radius 1 is 1.25 bits per heavy atom. The van der Waals surface area contributed by atoms with E-state index in [9.17, 15) is 4.79 Å². The van der Waals surface area contributed by atoms with Gasteiger partial charge in [-0.2, -0.15) is 0 Å². The van der Waals surface area contributed by atoms with Gasteiger partial charge in [-0.15, -0.1) is 0 Å². The smallest absolute Gasteiger partial charge is 0.239 e. The molecule has 0 unspecified atom stereocenters. The molecule has 0 spiro atoms. The summed E-state index contributed by atoms with van der Waals surface area (Å²) in [6, 6.07) is 11.1. The van der Waals surface area contributed by atoms with Crippen molar-refractivity contribution in [3.8, 4) is 11.4 Å². The van der Waals surface area contributed by atoms with Crippen molar-refractivity contribution in [2.24, 2.45) is 0 Å². The summed E-state index contributed by atoms with van der Waals surface area (Å²) in [5, 5.41) is 5.64. The second kappa shape index (κ2) is 6.51. The van der Waals surface area contributed by atoms with Gasteiger partial charge in [-0.05, 0) is 6.92 Å². The van der Waals surface area contributed by atoms with Gasteiger partial charge < -0.3 is 16.4 Å². The summed E-state index contributed by atoms with van der Waals surface area (Å²) in [6.45, 7) is 2.62. The lowest BCUT2D eigenvalue weighted by Crippen LogP contribution is -2.29. The summed E-state index contributed by atoms with van der Waals surface area (Å²) in [5.41, 5.74) is 6.65. The van der Waals surface area contributed by atoms with Crippen LogP contribution in [0.25, 0.3) is 11.4 Å². The lowest BCUT2D eigenvalue weighted by atomic mass is 10.2. The Morgan fingerprint density at radius 2 is 2.00 bits per heavy atom. The number of hydrogen-bond acceptors (Lipinski definition) is 5. The maximum absolute atomic E-state index is 11.4. The average Bonchev–Trinajstić information content (AvgIpc) is 2.46. The Labute approximate surface area is 117 Å². The molecular formula is C14H17N5O. The third-order valence-electron chi connectivity index (χ3n) is 2.58. The molecule has 20 heavy (non-hydrogen) atoms. The number of nitrogens with one attached hydrogen (secondary N) is 2. The zero-order chi connectivity index (χ0) is 14.4. The fourth-order valence-corrected chi connectivity index (χ4v) is 1.70. The van der Waals surface area contributed by atoms with Crippen molar-refractivity contribution < 1.29 is 4.79 Å². The highest BCUT2D eigenvalue weighted by Gasteiger charge is 2.06. The van der Waals surface area contributed by atoms with Crippen LogP contribution >= 0.6 is 0 Å². The van der Waals surface area contributed by atoms with E-state index in [1.54, 1.807) is 6.07 Å². The molecule has 2 aromatic rings. The van der Waals surface area contributed by atoms with E-state index in [0.717, 1.165) is 5.56 Å². The topological polar surface area (TPSA) is 92.9 Å². The monoisotopic (exact) mass is 271 g/mol. The molecule has 0 fully saturated rings. The molecule has 0 bridgehead atoms. The van der Waals surface area contributed by atoms with Crippen molar-refractivity contribution in [3.05, 3.63) is 36.4 Å². The first kappa shape index (κ1) is 13.8. The van der Waals surface area contributed by atoms with E-state index in [4.69, 9.17) is 5.73 Å². The van der Waals surface area contributed by atoms with Crippen molar-refractivity contribution in [1.82, 2.24) is 15.3 Å². The molecule has 1 heterocycles. The largest absolute Gasteiger partial charge is 0.384 e. The Morgan fingerprint density at radius 3 is 2.70 bits per heavy atom. The number of amides is 1. The molecule has 6 nitrogen and oxygen atoms in total. The van der Waals surface area contributed by atoms with Gasteiger partial charge in [0.25, 0.3) is 0 Å².